The van der Waals surface area contributed by atoms with Crippen molar-refractivity contribution < 1.29 is 19.2 Å². The van der Waals surface area contributed by atoms with Crippen molar-refractivity contribution in [2.75, 3.05) is 18.3 Å². The molecule has 0 unspecified atom stereocenters. The Balaban J connectivity index is 2.69. The summed E-state index contributed by atoms with van der Waals surface area (Å²) in [4.78, 5) is 33.5. The molecule has 2 rings (SSSR count). The van der Waals surface area contributed by atoms with Crippen molar-refractivity contribution in [3.05, 3.63) is 45.6 Å². The number of nitrogens with one attached hydrogen (secondary N) is 1. The highest BCUT2D eigenvalue weighted by molar-refractivity contribution is 6.02. The molecule has 10 heteroatoms. The van der Waals surface area contributed by atoms with Gasteiger partial charge in [0.05, 0.1) is 23.3 Å². The van der Waals surface area contributed by atoms with Gasteiger partial charge in [0, 0.05) is 17.7 Å². The number of non-ortho nitro benzene ring substituents is 1. The van der Waals surface area contributed by atoms with Gasteiger partial charge < -0.3 is 16.2 Å². The number of amides is 2. The third kappa shape index (κ3) is 2.84. The number of primary amides is 1. The molecule has 5 N–H and O–H groups in total. The number of nitrogens with zero attached hydrogens (tertiary/aromatic N) is 2. The van der Waals surface area contributed by atoms with Crippen LogP contribution >= 0.6 is 0 Å². The second-order valence-electron chi connectivity index (χ2n) is 4.83. The summed E-state index contributed by atoms with van der Waals surface area (Å²) >= 11 is 0. The monoisotopic (exact) mass is 333 g/mol. The molecular weight excluding hydrogens is 318 g/mol. The number of ether oxygens (including phenoxy) is 1. The highest BCUT2D eigenvalue weighted by atomic mass is 16.6. The number of rotatable bonds is 4. The summed E-state index contributed by atoms with van der Waals surface area (Å²) in [6.07, 6.45) is 0. The first-order valence-electron chi connectivity index (χ1n) is 6.68. The van der Waals surface area contributed by atoms with E-state index in [1.54, 1.807) is 6.92 Å². The zero-order valence-corrected chi connectivity index (χ0v) is 12.9. The third-order valence-corrected chi connectivity index (χ3v) is 3.42. The van der Waals surface area contributed by atoms with Crippen molar-refractivity contribution in [3.8, 4) is 11.1 Å². The molecule has 0 saturated heterocycles. The first-order valence-corrected chi connectivity index (χ1v) is 6.68. The van der Waals surface area contributed by atoms with Gasteiger partial charge in [-0.15, -0.1) is 0 Å². The molecule has 0 atom stereocenters. The maximum Gasteiger partial charge on any atom is 0.340 e. The predicted molar refractivity (Wildman–Crippen MR) is 86.0 cm³/mol. The van der Waals surface area contributed by atoms with Crippen molar-refractivity contribution >= 4 is 23.5 Å². The maximum absolute atomic E-state index is 12.1. The number of nitro groups is 1. The SMILES string of the molecule is COC(=O)c1c(-c2ccc([N+](=O)[O-])cc2)c(N)n(NC(N)=O)c1C. The van der Waals surface area contributed by atoms with E-state index in [1.807, 2.05) is 0 Å². The standard InChI is InChI=1S/C14H15N5O5/c1-7-10(13(20)24-2)11(12(15)18(7)17-14(16)21)8-3-5-9(6-4-8)19(22)23/h3-6H,15H2,1-2H3,(H3,16,17,21). The second kappa shape index (κ2) is 6.28. The summed E-state index contributed by atoms with van der Waals surface area (Å²) in [6.45, 7) is 1.55. The van der Waals surface area contributed by atoms with Gasteiger partial charge in [-0.1, -0.05) is 0 Å². The molecule has 0 aliphatic heterocycles. The number of hydrogen-bond acceptors (Lipinski definition) is 6. The minimum atomic E-state index is -0.869. The normalized spacial score (nSPS) is 10.2. The van der Waals surface area contributed by atoms with Gasteiger partial charge in [0.2, 0.25) is 0 Å². The van der Waals surface area contributed by atoms with E-state index in [2.05, 4.69) is 5.43 Å². The first-order chi connectivity index (χ1) is 11.3. The van der Waals surface area contributed by atoms with Crippen LogP contribution in [0.2, 0.25) is 0 Å². The molecule has 0 aliphatic carbocycles. The molecular formula is C14H15N5O5. The van der Waals surface area contributed by atoms with Crippen LogP contribution < -0.4 is 16.9 Å². The highest BCUT2D eigenvalue weighted by Crippen LogP contribution is 2.35. The van der Waals surface area contributed by atoms with Crippen LogP contribution in [-0.4, -0.2) is 28.7 Å². The van der Waals surface area contributed by atoms with Crippen LogP contribution in [0.15, 0.2) is 24.3 Å². The van der Waals surface area contributed by atoms with Crippen LogP contribution in [0, 0.1) is 17.0 Å². The summed E-state index contributed by atoms with van der Waals surface area (Å²) in [5.41, 5.74) is 14.5. The van der Waals surface area contributed by atoms with E-state index in [4.69, 9.17) is 16.2 Å². The van der Waals surface area contributed by atoms with Crippen LogP contribution in [0.4, 0.5) is 16.3 Å². The van der Waals surface area contributed by atoms with Gasteiger partial charge in [0.15, 0.2) is 0 Å². The maximum atomic E-state index is 12.1. The van der Waals surface area contributed by atoms with E-state index in [0.717, 1.165) is 4.68 Å². The van der Waals surface area contributed by atoms with Crippen LogP contribution in [0.3, 0.4) is 0 Å². The van der Waals surface area contributed by atoms with E-state index < -0.39 is 16.9 Å². The lowest BCUT2D eigenvalue weighted by atomic mass is 10.0. The summed E-state index contributed by atoms with van der Waals surface area (Å²) in [6, 6.07) is 4.59. The van der Waals surface area contributed by atoms with Gasteiger partial charge in [-0.2, -0.15) is 0 Å². The van der Waals surface area contributed by atoms with Gasteiger partial charge in [-0.05, 0) is 24.6 Å². The average molecular weight is 333 g/mol. The van der Waals surface area contributed by atoms with Gasteiger partial charge >= 0.3 is 12.0 Å². The van der Waals surface area contributed by atoms with E-state index in [1.165, 1.54) is 31.4 Å². The Labute approximate surface area is 136 Å². The number of benzene rings is 1. The van der Waals surface area contributed by atoms with Crippen molar-refractivity contribution in [2.45, 2.75) is 6.92 Å². The Kier molecular flexibility index (Phi) is 4.40. The zero-order chi connectivity index (χ0) is 18.0. The van der Waals surface area contributed by atoms with Gasteiger partial charge in [0.1, 0.15) is 5.82 Å². The Morgan fingerprint density at radius 2 is 1.88 bits per heavy atom. The quantitative estimate of drug-likeness (QED) is 0.436. The largest absolute Gasteiger partial charge is 0.465 e. The van der Waals surface area contributed by atoms with Crippen LogP contribution in [0.1, 0.15) is 16.1 Å². The number of nitrogen functional groups attached to an aromatic ring is 1. The first kappa shape index (κ1) is 16.8. The molecule has 24 heavy (non-hydrogen) atoms. The fourth-order valence-corrected chi connectivity index (χ4v) is 2.36. The fourth-order valence-electron chi connectivity index (χ4n) is 2.36. The molecule has 0 spiro atoms. The Bertz CT molecular complexity index is 825. The third-order valence-electron chi connectivity index (χ3n) is 3.42. The molecule has 0 bridgehead atoms. The van der Waals surface area contributed by atoms with Gasteiger partial charge in [-0.3, -0.25) is 10.1 Å². The number of esters is 1. The Morgan fingerprint density at radius 3 is 2.33 bits per heavy atom. The molecule has 126 valence electrons. The number of carbonyl (C=O) groups excluding carboxylic acids is 2. The highest BCUT2D eigenvalue weighted by Gasteiger charge is 2.26. The lowest BCUT2D eigenvalue weighted by molar-refractivity contribution is -0.384. The lowest BCUT2D eigenvalue weighted by Gasteiger charge is -2.08. The predicted octanol–water partition coefficient (Wildman–Crippen LogP) is 1.36. The molecule has 10 nitrogen and oxygen atoms in total. The topological polar surface area (TPSA) is 156 Å². The molecule has 0 aliphatic rings. The van der Waals surface area contributed by atoms with Crippen LogP contribution in [0.5, 0.6) is 0 Å². The molecule has 0 saturated carbocycles. The fraction of sp³-hybridized carbons (Fsp3) is 0.143. The van der Waals surface area contributed by atoms with E-state index in [-0.39, 0.29) is 22.6 Å². The number of urea groups is 1. The van der Waals surface area contributed by atoms with Crippen LogP contribution in [-0.2, 0) is 4.74 Å². The van der Waals surface area contributed by atoms with E-state index in [0.29, 0.717) is 11.3 Å². The summed E-state index contributed by atoms with van der Waals surface area (Å²) < 4.78 is 5.91. The number of nitrogens with two attached hydrogens (primary N) is 2. The zero-order valence-electron chi connectivity index (χ0n) is 12.9. The number of methoxy groups -OCH3 is 1. The smallest absolute Gasteiger partial charge is 0.340 e. The number of carbonyl (C=O) groups is 2. The number of anilines is 1. The van der Waals surface area contributed by atoms with Crippen molar-refractivity contribution in [1.29, 1.82) is 0 Å². The Morgan fingerprint density at radius 1 is 1.29 bits per heavy atom. The molecule has 1 heterocycles. The second-order valence-corrected chi connectivity index (χ2v) is 4.83. The minimum absolute atomic E-state index is 0.0422. The lowest BCUT2D eigenvalue weighted by Crippen LogP contribution is -2.30. The summed E-state index contributed by atoms with van der Waals surface area (Å²) in [5, 5.41) is 10.8. The van der Waals surface area contributed by atoms with E-state index in [9.17, 15) is 19.7 Å². The summed E-state index contributed by atoms with van der Waals surface area (Å²) in [7, 11) is 1.20. The summed E-state index contributed by atoms with van der Waals surface area (Å²) in [5.74, 6) is -0.627. The van der Waals surface area contributed by atoms with E-state index >= 15 is 0 Å². The van der Waals surface area contributed by atoms with Crippen LogP contribution in [0.25, 0.3) is 11.1 Å². The molecule has 2 aromatic rings. The Hall–Kier alpha value is -3.56. The number of hydrogen-bond donors (Lipinski definition) is 3. The van der Waals surface area contributed by atoms with Crippen molar-refractivity contribution in [3.63, 3.8) is 0 Å². The minimum Gasteiger partial charge on any atom is -0.465 e. The molecule has 0 radical (unpaired) electrons. The number of aromatic nitrogens is 1. The molecule has 0 fully saturated rings. The molecule has 1 aromatic heterocycles. The molecule has 2 amide bonds. The van der Waals surface area contributed by atoms with Crippen molar-refractivity contribution in [2.24, 2.45) is 5.73 Å². The van der Waals surface area contributed by atoms with Gasteiger partial charge in [0.25, 0.3) is 5.69 Å². The number of nitro benzene ring substituents is 1. The average Bonchev–Trinajstić information content (AvgIpc) is 2.78. The van der Waals surface area contributed by atoms with Crippen molar-refractivity contribution in [1.82, 2.24) is 4.68 Å². The molecule has 1 aromatic carbocycles. The van der Waals surface area contributed by atoms with Gasteiger partial charge in [-0.25, -0.2) is 19.7 Å².